The number of alkyl carbamates (subject to hydrolysis) is 1. The van der Waals surface area contributed by atoms with Crippen molar-refractivity contribution in [2.24, 2.45) is 0 Å². The number of hydrogen-bond acceptors (Lipinski definition) is 6. The van der Waals surface area contributed by atoms with E-state index in [1.165, 1.54) is 7.11 Å². The summed E-state index contributed by atoms with van der Waals surface area (Å²) in [7, 11) is 1.36. The van der Waals surface area contributed by atoms with Crippen LogP contribution in [0.5, 0.6) is 0 Å². The van der Waals surface area contributed by atoms with Crippen LogP contribution in [-0.2, 0) is 23.8 Å². The molecule has 4 rings (SSSR count). The van der Waals surface area contributed by atoms with Crippen LogP contribution in [0, 0.1) is 0 Å². The van der Waals surface area contributed by atoms with Crippen LogP contribution < -0.4 is 5.32 Å². The number of esters is 1. The number of nitrogens with one attached hydrogen (secondary N) is 1. The van der Waals surface area contributed by atoms with Gasteiger partial charge >= 0.3 is 12.1 Å². The molecule has 2 aliphatic heterocycles. The number of methoxy groups -OCH3 is 1. The maximum absolute atomic E-state index is 14.2. The van der Waals surface area contributed by atoms with Crippen LogP contribution in [0.4, 0.5) is 4.79 Å². The van der Waals surface area contributed by atoms with Gasteiger partial charge in [0.2, 0.25) is 5.91 Å². The van der Waals surface area contributed by atoms with Crippen molar-refractivity contribution in [2.75, 3.05) is 19.4 Å². The average molecular weight is 593 g/mol. The number of benzene rings is 2. The highest BCUT2D eigenvalue weighted by Gasteiger charge is 2.51. The minimum atomic E-state index is -0.795. The Balaban J connectivity index is 1.70. The standard InChI is InChI=1S/C34H44N2O5S/c1-33(2,3)41-32(39)35-28-17-13-8-6-5-7-9-14-22-42-34(23-29(31(38)40-4)36(24-34)30(28)37)27-20-18-26(19-21-27)25-15-11-10-12-16-25/h9-12,14-16,18-21,28-29H,5-8,13,17,22-24H2,1-4H3,(H,35,39). The number of nitrogens with zero attached hydrogens (tertiary/aromatic N) is 1. The molecule has 2 aromatic rings. The molecule has 0 aliphatic carbocycles. The van der Waals surface area contributed by atoms with Gasteiger partial charge in [0, 0.05) is 12.3 Å². The maximum atomic E-state index is 14.2. The monoisotopic (exact) mass is 592 g/mol. The summed E-state index contributed by atoms with van der Waals surface area (Å²) in [6.45, 7) is 5.71. The van der Waals surface area contributed by atoms with Crippen molar-refractivity contribution in [2.45, 2.75) is 88.1 Å². The van der Waals surface area contributed by atoms with Gasteiger partial charge in [-0.3, -0.25) is 4.79 Å². The second-order valence-electron chi connectivity index (χ2n) is 12.1. The van der Waals surface area contributed by atoms with Gasteiger partial charge in [-0.15, -0.1) is 11.8 Å². The lowest BCUT2D eigenvalue weighted by atomic mass is 9.93. The van der Waals surface area contributed by atoms with Crippen LogP contribution in [-0.4, -0.2) is 60.0 Å². The highest BCUT2D eigenvalue weighted by Crippen LogP contribution is 2.48. The van der Waals surface area contributed by atoms with E-state index < -0.39 is 34.5 Å². The van der Waals surface area contributed by atoms with Crippen LogP contribution in [0.25, 0.3) is 11.1 Å². The molecule has 1 fully saturated rings. The third-order valence-electron chi connectivity index (χ3n) is 7.82. The Labute approximate surface area is 254 Å². The number of thioether (sulfide) groups is 1. The molecule has 2 aliphatic rings. The summed E-state index contributed by atoms with van der Waals surface area (Å²) in [5, 5.41) is 2.83. The molecule has 2 bridgehead atoms. The Morgan fingerprint density at radius 1 is 0.952 bits per heavy atom. The molecule has 42 heavy (non-hydrogen) atoms. The topological polar surface area (TPSA) is 84.9 Å². The van der Waals surface area contributed by atoms with Crippen molar-refractivity contribution in [1.29, 1.82) is 0 Å². The first-order chi connectivity index (χ1) is 20.1. The van der Waals surface area contributed by atoms with E-state index in [4.69, 9.17) is 9.47 Å². The number of rotatable bonds is 4. The van der Waals surface area contributed by atoms with Gasteiger partial charge < -0.3 is 19.7 Å². The molecule has 226 valence electrons. The zero-order chi connectivity index (χ0) is 30.2. The number of hydrogen-bond donors (Lipinski definition) is 1. The van der Waals surface area contributed by atoms with E-state index in [2.05, 4.69) is 53.9 Å². The van der Waals surface area contributed by atoms with E-state index in [0.717, 1.165) is 54.5 Å². The number of allylic oxidation sites excluding steroid dienone is 1. The van der Waals surface area contributed by atoms with Crippen molar-refractivity contribution in [3.63, 3.8) is 0 Å². The SMILES string of the molecule is COC(=O)C1CC2(c3ccc(-c4ccccc4)cc3)CN1C(=O)C(NC(=O)OC(C)(C)C)CCCCCCC=CCS2. The molecule has 0 aromatic heterocycles. The molecule has 2 heterocycles. The van der Waals surface area contributed by atoms with Crippen molar-refractivity contribution in [3.05, 3.63) is 72.3 Å². The molecule has 1 saturated heterocycles. The van der Waals surface area contributed by atoms with Gasteiger partial charge in [0.05, 0.1) is 11.9 Å². The van der Waals surface area contributed by atoms with Crippen LogP contribution in [0.2, 0.25) is 0 Å². The van der Waals surface area contributed by atoms with Crippen molar-refractivity contribution >= 4 is 29.7 Å². The van der Waals surface area contributed by atoms with Crippen LogP contribution >= 0.6 is 11.8 Å². The molecule has 8 heteroatoms. The summed E-state index contributed by atoms with van der Waals surface area (Å²) < 4.78 is 10.2. The van der Waals surface area contributed by atoms with Crippen molar-refractivity contribution in [3.8, 4) is 11.1 Å². The maximum Gasteiger partial charge on any atom is 0.408 e. The van der Waals surface area contributed by atoms with E-state index in [1.54, 1.807) is 37.4 Å². The lowest BCUT2D eigenvalue weighted by molar-refractivity contribution is -0.151. The van der Waals surface area contributed by atoms with E-state index in [-0.39, 0.29) is 5.91 Å². The van der Waals surface area contributed by atoms with Gasteiger partial charge in [0.15, 0.2) is 0 Å². The normalized spacial score (nSPS) is 23.9. The molecule has 0 radical (unpaired) electrons. The van der Waals surface area contributed by atoms with Gasteiger partial charge in [-0.2, -0.15) is 0 Å². The zero-order valence-corrected chi connectivity index (χ0v) is 26.1. The Hall–Kier alpha value is -3.26. The fourth-order valence-electron chi connectivity index (χ4n) is 5.71. The third kappa shape index (κ3) is 8.18. The quantitative estimate of drug-likeness (QED) is 0.308. The van der Waals surface area contributed by atoms with E-state index in [0.29, 0.717) is 19.4 Å². The fourth-order valence-corrected chi connectivity index (χ4v) is 7.07. The Kier molecular flexibility index (Phi) is 10.8. The highest BCUT2D eigenvalue weighted by molar-refractivity contribution is 8.00. The summed E-state index contributed by atoms with van der Waals surface area (Å²) in [6.07, 6.45) is 9.60. The second kappa shape index (κ2) is 14.3. The summed E-state index contributed by atoms with van der Waals surface area (Å²) in [5.41, 5.74) is 2.60. The zero-order valence-electron chi connectivity index (χ0n) is 25.3. The van der Waals surface area contributed by atoms with Gasteiger partial charge in [0.1, 0.15) is 17.7 Å². The molecule has 3 atom stereocenters. The minimum absolute atomic E-state index is 0.273. The molecular weight excluding hydrogens is 548 g/mol. The van der Waals surface area contributed by atoms with Crippen molar-refractivity contribution in [1.82, 2.24) is 10.2 Å². The van der Waals surface area contributed by atoms with Crippen molar-refractivity contribution < 1.29 is 23.9 Å². The number of amides is 2. The van der Waals surface area contributed by atoms with Crippen LogP contribution in [0.1, 0.15) is 71.3 Å². The predicted molar refractivity (Wildman–Crippen MR) is 168 cm³/mol. The highest BCUT2D eigenvalue weighted by atomic mass is 32.2. The Morgan fingerprint density at radius 2 is 1.64 bits per heavy atom. The smallest absolute Gasteiger partial charge is 0.408 e. The molecule has 2 amide bonds. The van der Waals surface area contributed by atoms with E-state index in [9.17, 15) is 14.4 Å². The second-order valence-corrected chi connectivity index (χ2v) is 13.5. The number of ether oxygens (including phenoxy) is 2. The number of carbonyl (C=O) groups excluding carboxylic acids is 3. The first kappa shape index (κ1) is 31.7. The predicted octanol–water partition coefficient (Wildman–Crippen LogP) is 6.86. The molecular formula is C34H44N2O5S. The van der Waals surface area contributed by atoms with E-state index in [1.807, 2.05) is 18.2 Å². The largest absolute Gasteiger partial charge is 0.467 e. The average Bonchev–Trinajstić information content (AvgIpc) is 3.36. The third-order valence-corrected chi connectivity index (χ3v) is 9.27. The summed E-state index contributed by atoms with van der Waals surface area (Å²) in [6, 6.07) is 17.1. The van der Waals surface area contributed by atoms with Crippen LogP contribution in [0.15, 0.2) is 66.7 Å². The lowest BCUT2D eigenvalue weighted by Crippen LogP contribution is -2.52. The molecule has 3 unspecified atom stereocenters. The molecule has 0 saturated carbocycles. The minimum Gasteiger partial charge on any atom is -0.467 e. The van der Waals surface area contributed by atoms with Gasteiger partial charge in [-0.1, -0.05) is 86.0 Å². The molecule has 2 aromatic carbocycles. The summed E-state index contributed by atoms with van der Waals surface area (Å²) in [5.74, 6) is 0.0418. The number of carbonyl (C=O) groups is 3. The fraction of sp³-hybridized carbons (Fsp3) is 0.500. The molecule has 0 spiro atoms. The summed E-state index contributed by atoms with van der Waals surface area (Å²) >= 11 is 1.75. The van der Waals surface area contributed by atoms with Crippen LogP contribution in [0.3, 0.4) is 0 Å². The van der Waals surface area contributed by atoms with Gasteiger partial charge in [0.25, 0.3) is 0 Å². The molecule has 7 nitrogen and oxygen atoms in total. The lowest BCUT2D eigenvalue weighted by Gasteiger charge is -2.31. The van der Waals surface area contributed by atoms with Gasteiger partial charge in [-0.25, -0.2) is 9.59 Å². The van der Waals surface area contributed by atoms with E-state index >= 15 is 0 Å². The Bertz CT molecular complexity index is 1240. The number of fused-ring (bicyclic) bond motifs is 2. The molecule has 1 N–H and O–H groups in total. The van der Waals surface area contributed by atoms with Gasteiger partial charge in [-0.05, 0) is 63.1 Å². The first-order valence-corrected chi connectivity index (χ1v) is 15.9. The first-order valence-electron chi connectivity index (χ1n) is 14.9. The summed E-state index contributed by atoms with van der Waals surface area (Å²) in [4.78, 5) is 41.8. The Morgan fingerprint density at radius 3 is 2.33 bits per heavy atom.